The van der Waals surface area contributed by atoms with Gasteiger partial charge in [0.1, 0.15) is 0 Å². The Bertz CT molecular complexity index is 448. The standard InChI is InChI=1S/C8H8N4O/c1-2-6-3-9-8-7(5-13)10-11-12(8)4-6/h3-5H,2H2,1H3. The lowest BCUT2D eigenvalue weighted by Gasteiger charge is -1.95. The first kappa shape index (κ1) is 7.85. The summed E-state index contributed by atoms with van der Waals surface area (Å²) >= 11 is 0. The average Bonchev–Trinajstić information content (AvgIpc) is 2.59. The van der Waals surface area contributed by atoms with Gasteiger partial charge in [-0.2, -0.15) is 0 Å². The minimum absolute atomic E-state index is 0.280. The second-order valence-electron chi connectivity index (χ2n) is 2.68. The molecule has 0 amide bonds. The largest absolute Gasteiger partial charge is 0.296 e. The van der Waals surface area contributed by atoms with E-state index < -0.39 is 0 Å². The molecule has 13 heavy (non-hydrogen) atoms. The van der Waals surface area contributed by atoms with Crippen LogP contribution in [0.25, 0.3) is 5.65 Å². The summed E-state index contributed by atoms with van der Waals surface area (Å²) in [6.07, 6.45) is 5.09. The molecule has 0 aliphatic carbocycles. The number of aromatic nitrogens is 4. The molecule has 0 atom stereocenters. The van der Waals surface area contributed by atoms with Crippen molar-refractivity contribution in [2.45, 2.75) is 13.3 Å². The molecule has 0 bridgehead atoms. The highest BCUT2D eigenvalue weighted by Gasteiger charge is 2.05. The van der Waals surface area contributed by atoms with Gasteiger partial charge in [0, 0.05) is 12.4 Å². The van der Waals surface area contributed by atoms with Crippen LogP contribution in [0.4, 0.5) is 0 Å². The number of rotatable bonds is 2. The predicted octanol–water partition coefficient (Wildman–Crippen LogP) is 0.499. The van der Waals surface area contributed by atoms with Crippen LogP contribution in [0, 0.1) is 0 Å². The quantitative estimate of drug-likeness (QED) is 0.625. The molecule has 0 N–H and O–H groups in total. The second kappa shape index (κ2) is 2.93. The Kier molecular flexibility index (Phi) is 1.77. The van der Waals surface area contributed by atoms with Gasteiger partial charge in [-0.15, -0.1) is 5.10 Å². The van der Waals surface area contributed by atoms with Gasteiger partial charge in [-0.3, -0.25) is 4.79 Å². The highest BCUT2D eigenvalue weighted by Crippen LogP contribution is 2.04. The van der Waals surface area contributed by atoms with Crippen molar-refractivity contribution in [1.29, 1.82) is 0 Å². The van der Waals surface area contributed by atoms with Crippen LogP contribution in [0.5, 0.6) is 0 Å². The Labute approximate surface area is 74.4 Å². The fourth-order valence-corrected chi connectivity index (χ4v) is 1.11. The molecule has 0 aliphatic heterocycles. The lowest BCUT2D eigenvalue weighted by Crippen LogP contribution is -1.93. The van der Waals surface area contributed by atoms with Crippen molar-refractivity contribution in [3.8, 4) is 0 Å². The summed E-state index contributed by atoms with van der Waals surface area (Å²) in [4.78, 5) is 14.6. The van der Waals surface area contributed by atoms with Crippen LogP contribution in [-0.2, 0) is 6.42 Å². The van der Waals surface area contributed by atoms with Crippen LogP contribution >= 0.6 is 0 Å². The molecule has 2 rings (SSSR count). The molecule has 0 aliphatic rings. The molecular weight excluding hydrogens is 168 g/mol. The van der Waals surface area contributed by atoms with Crippen LogP contribution in [0.15, 0.2) is 12.4 Å². The van der Waals surface area contributed by atoms with Gasteiger partial charge in [-0.05, 0) is 12.0 Å². The first-order valence-corrected chi connectivity index (χ1v) is 4.00. The highest BCUT2D eigenvalue weighted by molar-refractivity contribution is 5.80. The van der Waals surface area contributed by atoms with Gasteiger partial charge in [0.05, 0.1) is 0 Å². The first-order chi connectivity index (χ1) is 6.35. The van der Waals surface area contributed by atoms with Crippen molar-refractivity contribution < 1.29 is 4.79 Å². The van der Waals surface area contributed by atoms with Crippen LogP contribution in [-0.4, -0.2) is 26.1 Å². The van der Waals surface area contributed by atoms with Crippen LogP contribution < -0.4 is 0 Å². The molecule has 2 aromatic rings. The lowest BCUT2D eigenvalue weighted by atomic mass is 10.3. The second-order valence-corrected chi connectivity index (χ2v) is 2.68. The van der Waals surface area contributed by atoms with Gasteiger partial charge in [0.25, 0.3) is 0 Å². The molecule has 0 aromatic carbocycles. The molecule has 0 unspecified atom stereocenters. The third-order valence-corrected chi connectivity index (χ3v) is 1.86. The number of fused-ring (bicyclic) bond motifs is 1. The number of carbonyl (C=O) groups is 1. The van der Waals surface area contributed by atoms with Gasteiger partial charge < -0.3 is 0 Å². The average molecular weight is 176 g/mol. The van der Waals surface area contributed by atoms with Crippen LogP contribution in [0.2, 0.25) is 0 Å². The number of aldehydes is 1. The fraction of sp³-hybridized carbons (Fsp3) is 0.250. The Hall–Kier alpha value is -1.78. The van der Waals surface area contributed by atoms with Crippen LogP contribution in [0.3, 0.4) is 0 Å². The molecule has 5 nitrogen and oxygen atoms in total. The summed E-state index contributed by atoms with van der Waals surface area (Å²) in [6, 6.07) is 0. The van der Waals surface area contributed by atoms with Gasteiger partial charge >= 0.3 is 0 Å². The zero-order valence-corrected chi connectivity index (χ0v) is 7.14. The minimum atomic E-state index is 0.280. The molecule has 2 aromatic heterocycles. The molecule has 5 heteroatoms. The summed E-state index contributed by atoms with van der Waals surface area (Å²) in [5.41, 5.74) is 1.85. The minimum Gasteiger partial charge on any atom is -0.296 e. The molecule has 0 radical (unpaired) electrons. The number of carbonyl (C=O) groups excluding carboxylic acids is 1. The lowest BCUT2D eigenvalue weighted by molar-refractivity contribution is 0.112. The SMILES string of the molecule is CCc1cnc2c(C=O)nnn2c1. The monoisotopic (exact) mass is 176 g/mol. The maximum absolute atomic E-state index is 10.5. The van der Waals surface area contributed by atoms with E-state index >= 15 is 0 Å². The highest BCUT2D eigenvalue weighted by atomic mass is 16.1. The summed E-state index contributed by atoms with van der Waals surface area (Å²) in [5.74, 6) is 0. The van der Waals surface area contributed by atoms with E-state index in [-0.39, 0.29) is 5.69 Å². The fourth-order valence-electron chi connectivity index (χ4n) is 1.11. The number of hydrogen-bond acceptors (Lipinski definition) is 4. The van der Waals surface area contributed by atoms with E-state index in [1.165, 1.54) is 4.52 Å². The molecule has 0 saturated heterocycles. The summed E-state index contributed by atoms with van der Waals surface area (Å²) in [6.45, 7) is 2.03. The number of nitrogens with zero attached hydrogens (tertiary/aromatic N) is 4. The first-order valence-electron chi connectivity index (χ1n) is 4.00. The summed E-state index contributed by atoms with van der Waals surface area (Å²) < 4.78 is 1.52. The Balaban J connectivity index is 2.67. The van der Waals surface area contributed by atoms with E-state index in [9.17, 15) is 4.79 Å². The molecule has 66 valence electrons. The number of aryl methyl sites for hydroxylation is 1. The van der Waals surface area contributed by atoms with E-state index in [1.54, 1.807) is 6.20 Å². The van der Waals surface area contributed by atoms with E-state index in [4.69, 9.17) is 0 Å². The van der Waals surface area contributed by atoms with Crippen LogP contribution in [0.1, 0.15) is 23.0 Å². The van der Waals surface area contributed by atoms with E-state index in [0.29, 0.717) is 11.9 Å². The molecule has 0 fully saturated rings. The molecule has 0 saturated carbocycles. The normalized spacial score (nSPS) is 10.5. The van der Waals surface area contributed by atoms with Crippen molar-refractivity contribution in [2.24, 2.45) is 0 Å². The van der Waals surface area contributed by atoms with E-state index in [2.05, 4.69) is 15.3 Å². The predicted molar refractivity (Wildman–Crippen MR) is 45.5 cm³/mol. The van der Waals surface area contributed by atoms with Crippen molar-refractivity contribution in [3.05, 3.63) is 23.7 Å². The maximum Gasteiger partial charge on any atom is 0.186 e. The third-order valence-electron chi connectivity index (χ3n) is 1.86. The summed E-state index contributed by atoms with van der Waals surface area (Å²) in [7, 11) is 0. The van der Waals surface area contributed by atoms with Crippen molar-refractivity contribution in [2.75, 3.05) is 0 Å². The molecule has 0 spiro atoms. The van der Waals surface area contributed by atoms with Gasteiger partial charge in [0.15, 0.2) is 17.6 Å². The van der Waals surface area contributed by atoms with E-state index in [1.807, 2.05) is 13.1 Å². The van der Waals surface area contributed by atoms with Crippen molar-refractivity contribution in [3.63, 3.8) is 0 Å². The van der Waals surface area contributed by atoms with E-state index in [0.717, 1.165) is 12.0 Å². The zero-order chi connectivity index (χ0) is 9.26. The topological polar surface area (TPSA) is 60.2 Å². The maximum atomic E-state index is 10.5. The zero-order valence-electron chi connectivity index (χ0n) is 7.14. The van der Waals surface area contributed by atoms with Gasteiger partial charge in [-0.1, -0.05) is 12.1 Å². The molecular formula is C8H8N4O. The number of hydrogen-bond donors (Lipinski definition) is 0. The van der Waals surface area contributed by atoms with Gasteiger partial charge in [-0.25, -0.2) is 9.50 Å². The Morgan fingerprint density at radius 2 is 2.46 bits per heavy atom. The Morgan fingerprint density at radius 3 is 3.15 bits per heavy atom. The third kappa shape index (κ3) is 1.18. The summed E-state index contributed by atoms with van der Waals surface area (Å²) in [5, 5.41) is 7.44. The molecule has 2 heterocycles. The van der Waals surface area contributed by atoms with Crippen molar-refractivity contribution in [1.82, 2.24) is 19.8 Å². The van der Waals surface area contributed by atoms with Crippen molar-refractivity contribution >= 4 is 11.9 Å². The van der Waals surface area contributed by atoms with Gasteiger partial charge in [0.2, 0.25) is 0 Å². The smallest absolute Gasteiger partial charge is 0.186 e. The Morgan fingerprint density at radius 1 is 1.62 bits per heavy atom.